The van der Waals surface area contributed by atoms with Gasteiger partial charge in [0.1, 0.15) is 0 Å². The van der Waals surface area contributed by atoms with Crippen molar-refractivity contribution in [1.82, 2.24) is 5.32 Å². The lowest BCUT2D eigenvalue weighted by Crippen LogP contribution is -2.39. The molecule has 0 aliphatic rings. The summed E-state index contributed by atoms with van der Waals surface area (Å²) in [7, 11) is 1.71. The predicted octanol–water partition coefficient (Wildman–Crippen LogP) is 3.82. The van der Waals surface area contributed by atoms with Crippen LogP contribution in [0, 0.1) is 0 Å². The monoisotopic (exact) mass is 299 g/mol. The van der Waals surface area contributed by atoms with E-state index in [4.69, 9.17) is 21.1 Å². The third kappa shape index (κ3) is 7.25. The van der Waals surface area contributed by atoms with Crippen LogP contribution in [0.4, 0.5) is 0 Å². The molecule has 0 heterocycles. The van der Waals surface area contributed by atoms with Crippen molar-refractivity contribution in [2.75, 3.05) is 26.9 Å². The summed E-state index contributed by atoms with van der Waals surface area (Å²) in [5.41, 5.74) is 1.21. The Balaban J connectivity index is 2.60. The van der Waals surface area contributed by atoms with Gasteiger partial charge in [-0.2, -0.15) is 0 Å². The molecule has 0 aliphatic heterocycles. The van der Waals surface area contributed by atoms with E-state index in [1.807, 2.05) is 24.3 Å². The molecule has 1 unspecified atom stereocenters. The molecule has 20 heavy (non-hydrogen) atoms. The standard InChI is InChI=1S/C16H26ClNO2/c1-16(2,3)18-12-15(20-11-5-10-19-4)13-6-8-14(17)9-7-13/h6-9,15,18H,5,10-12H2,1-4H3. The number of hydrogen-bond acceptors (Lipinski definition) is 3. The van der Waals surface area contributed by atoms with Gasteiger partial charge in [0.05, 0.1) is 6.10 Å². The van der Waals surface area contributed by atoms with Gasteiger partial charge < -0.3 is 14.8 Å². The summed E-state index contributed by atoms with van der Waals surface area (Å²) in [6.07, 6.45) is 0.930. The van der Waals surface area contributed by atoms with Crippen molar-refractivity contribution in [2.24, 2.45) is 0 Å². The van der Waals surface area contributed by atoms with Gasteiger partial charge in [0, 0.05) is 37.4 Å². The van der Waals surface area contributed by atoms with Gasteiger partial charge in [-0.25, -0.2) is 0 Å². The number of methoxy groups -OCH3 is 1. The summed E-state index contributed by atoms with van der Waals surface area (Å²) in [6.45, 7) is 8.63. The molecule has 1 rings (SSSR count). The Hall–Kier alpha value is -0.610. The van der Waals surface area contributed by atoms with Crippen LogP contribution < -0.4 is 5.32 Å². The first-order valence-corrected chi connectivity index (χ1v) is 7.41. The predicted molar refractivity (Wildman–Crippen MR) is 84.4 cm³/mol. The zero-order valence-electron chi connectivity index (χ0n) is 12.9. The second-order valence-electron chi connectivity index (χ2n) is 5.89. The molecule has 0 spiro atoms. The zero-order chi connectivity index (χ0) is 15.0. The topological polar surface area (TPSA) is 30.5 Å². The van der Waals surface area contributed by atoms with E-state index in [1.54, 1.807) is 7.11 Å². The summed E-state index contributed by atoms with van der Waals surface area (Å²) in [4.78, 5) is 0. The summed E-state index contributed by atoms with van der Waals surface area (Å²) in [5.74, 6) is 0. The summed E-state index contributed by atoms with van der Waals surface area (Å²) in [6, 6.07) is 7.85. The van der Waals surface area contributed by atoms with Gasteiger partial charge >= 0.3 is 0 Å². The van der Waals surface area contributed by atoms with Crippen molar-refractivity contribution < 1.29 is 9.47 Å². The first kappa shape index (κ1) is 17.4. The third-order valence-corrected chi connectivity index (χ3v) is 3.12. The second kappa shape index (κ2) is 8.63. The molecule has 0 aromatic heterocycles. The molecule has 0 radical (unpaired) electrons. The molecule has 1 aromatic rings. The van der Waals surface area contributed by atoms with Crippen LogP contribution in [0.25, 0.3) is 0 Å². The highest BCUT2D eigenvalue weighted by molar-refractivity contribution is 6.30. The number of benzene rings is 1. The second-order valence-corrected chi connectivity index (χ2v) is 6.32. The molecule has 0 saturated carbocycles. The van der Waals surface area contributed by atoms with Crippen LogP contribution in [-0.4, -0.2) is 32.4 Å². The fourth-order valence-corrected chi connectivity index (χ4v) is 1.90. The van der Waals surface area contributed by atoms with Crippen molar-refractivity contribution in [1.29, 1.82) is 0 Å². The molecule has 1 aromatic carbocycles. The van der Waals surface area contributed by atoms with Crippen LogP contribution in [0.15, 0.2) is 24.3 Å². The van der Waals surface area contributed by atoms with Crippen LogP contribution in [0.1, 0.15) is 38.9 Å². The Morgan fingerprint density at radius 2 is 1.80 bits per heavy atom. The van der Waals surface area contributed by atoms with Crippen molar-refractivity contribution in [2.45, 2.75) is 38.8 Å². The molecule has 0 bridgehead atoms. The lowest BCUT2D eigenvalue weighted by atomic mass is 10.1. The van der Waals surface area contributed by atoms with Crippen LogP contribution in [0.5, 0.6) is 0 Å². The van der Waals surface area contributed by atoms with Crippen molar-refractivity contribution in [3.8, 4) is 0 Å². The van der Waals surface area contributed by atoms with Gasteiger partial charge in [-0.3, -0.25) is 0 Å². The van der Waals surface area contributed by atoms with E-state index in [0.717, 1.165) is 30.2 Å². The third-order valence-electron chi connectivity index (χ3n) is 2.87. The molecule has 4 heteroatoms. The SMILES string of the molecule is COCCCOC(CNC(C)(C)C)c1ccc(Cl)cc1. The number of rotatable bonds is 8. The Bertz CT molecular complexity index is 373. The zero-order valence-corrected chi connectivity index (χ0v) is 13.7. The maximum atomic E-state index is 5.98. The van der Waals surface area contributed by atoms with Gasteiger partial charge in [0.2, 0.25) is 0 Å². The number of halogens is 1. The fourth-order valence-electron chi connectivity index (χ4n) is 1.78. The van der Waals surface area contributed by atoms with Gasteiger partial charge in [0.15, 0.2) is 0 Å². The number of ether oxygens (including phenoxy) is 2. The molecule has 0 amide bonds. The largest absolute Gasteiger partial charge is 0.385 e. The Labute approximate surface area is 127 Å². The molecule has 3 nitrogen and oxygen atoms in total. The Morgan fingerprint density at radius 3 is 2.35 bits per heavy atom. The summed E-state index contributed by atoms with van der Waals surface area (Å²) in [5, 5.41) is 4.23. The van der Waals surface area contributed by atoms with Crippen molar-refractivity contribution in [3.05, 3.63) is 34.9 Å². The molecule has 0 fully saturated rings. The molecule has 0 aliphatic carbocycles. The number of hydrogen-bond donors (Lipinski definition) is 1. The lowest BCUT2D eigenvalue weighted by Gasteiger charge is -2.26. The van der Waals surface area contributed by atoms with Crippen LogP contribution >= 0.6 is 11.6 Å². The minimum absolute atomic E-state index is 0.0309. The molecule has 1 atom stereocenters. The van der Waals surface area contributed by atoms with Gasteiger partial charge in [-0.1, -0.05) is 23.7 Å². The van der Waals surface area contributed by atoms with E-state index in [-0.39, 0.29) is 11.6 Å². The molecular weight excluding hydrogens is 274 g/mol. The van der Waals surface area contributed by atoms with Gasteiger partial charge in [0.25, 0.3) is 0 Å². The average Bonchev–Trinajstić information content (AvgIpc) is 2.38. The van der Waals surface area contributed by atoms with E-state index in [1.165, 1.54) is 0 Å². The Morgan fingerprint density at radius 1 is 1.15 bits per heavy atom. The summed E-state index contributed by atoms with van der Waals surface area (Å²) < 4.78 is 11.0. The van der Waals surface area contributed by atoms with E-state index in [2.05, 4.69) is 26.1 Å². The highest BCUT2D eigenvalue weighted by Crippen LogP contribution is 2.20. The average molecular weight is 300 g/mol. The molecule has 1 N–H and O–H groups in total. The van der Waals surface area contributed by atoms with E-state index < -0.39 is 0 Å². The van der Waals surface area contributed by atoms with Crippen LogP contribution in [0.3, 0.4) is 0 Å². The maximum absolute atomic E-state index is 5.98. The van der Waals surface area contributed by atoms with Crippen molar-refractivity contribution >= 4 is 11.6 Å². The summed E-state index contributed by atoms with van der Waals surface area (Å²) >= 11 is 5.94. The van der Waals surface area contributed by atoms with E-state index in [0.29, 0.717) is 6.61 Å². The highest BCUT2D eigenvalue weighted by Gasteiger charge is 2.16. The fraction of sp³-hybridized carbons (Fsp3) is 0.625. The first-order chi connectivity index (χ1) is 9.42. The first-order valence-electron chi connectivity index (χ1n) is 7.03. The van der Waals surface area contributed by atoms with E-state index in [9.17, 15) is 0 Å². The van der Waals surface area contributed by atoms with Gasteiger partial charge in [-0.15, -0.1) is 0 Å². The molecule has 0 saturated heterocycles. The van der Waals surface area contributed by atoms with Gasteiger partial charge in [-0.05, 0) is 44.9 Å². The minimum atomic E-state index is 0.0309. The lowest BCUT2D eigenvalue weighted by molar-refractivity contribution is 0.0353. The molecular formula is C16H26ClNO2. The Kier molecular flexibility index (Phi) is 7.52. The quantitative estimate of drug-likeness (QED) is 0.740. The normalized spacial score (nSPS) is 13.4. The highest BCUT2D eigenvalue weighted by atomic mass is 35.5. The smallest absolute Gasteiger partial charge is 0.0949 e. The van der Waals surface area contributed by atoms with E-state index >= 15 is 0 Å². The van der Waals surface area contributed by atoms with Crippen molar-refractivity contribution in [3.63, 3.8) is 0 Å². The number of nitrogens with one attached hydrogen (secondary N) is 1. The minimum Gasteiger partial charge on any atom is -0.385 e. The maximum Gasteiger partial charge on any atom is 0.0949 e. The molecule has 114 valence electrons. The van der Waals surface area contributed by atoms with Crippen LogP contribution in [-0.2, 0) is 9.47 Å². The van der Waals surface area contributed by atoms with Crippen LogP contribution in [0.2, 0.25) is 5.02 Å².